The van der Waals surface area contributed by atoms with Crippen molar-refractivity contribution in [2.45, 2.75) is 27.2 Å². The van der Waals surface area contributed by atoms with Crippen LogP contribution in [0.25, 0.3) is 10.6 Å². The Morgan fingerprint density at radius 2 is 2.17 bits per heavy atom. The lowest BCUT2D eigenvalue weighted by Gasteiger charge is -2.16. The fourth-order valence-corrected chi connectivity index (χ4v) is 3.00. The molecule has 0 unspecified atom stereocenters. The van der Waals surface area contributed by atoms with Gasteiger partial charge in [-0.1, -0.05) is 26.8 Å². The lowest BCUT2D eigenvalue weighted by molar-refractivity contribution is -0.117. The van der Waals surface area contributed by atoms with Crippen molar-refractivity contribution in [3.8, 4) is 10.6 Å². The maximum Gasteiger partial charge on any atom is 0.226 e. The van der Waals surface area contributed by atoms with E-state index < -0.39 is 0 Å². The molecule has 2 aromatic rings. The molecule has 0 radical (unpaired) electrons. The number of rotatable bonds is 3. The van der Waals surface area contributed by atoms with Gasteiger partial charge in [0.15, 0.2) is 5.13 Å². The third-order valence-corrected chi connectivity index (χ3v) is 3.87. The standard InChI is InChI=1S/C13H16N2OS2/c1-13(2,3)7-11(16)15-12-14-9(8-18-12)10-5-4-6-17-10/h4-6,8H,7H2,1-3H3,(H,14,15,16). The lowest BCUT2D eigenvalue weighted by atomic mass is 9.92. The van der Waals surface area contributed by atoms with Gasteiger partial charge in [0.1, 0.15) is 0 Å². The number of nitrogens with one attached hydrogen (secondary N) is 1. The quantitative estimate of drug-likeness (QED) is 0.913. The molecule has 0 atom stereocenters. The maximum absolute atomic E-state index is 11.8. The van der Waals surface area contributed by atoms with E-state index >= 15 is 0 Å². The highest BCUT2D eigenvalue weighted by atomic mass is 32.1. The molecular formula is C13H16N2OS2. The van der Waals surface area contributed by atoms with Crippen molar-refractivity contribution < 1.29 is 4.79 Å². The van der Waals surface area contributed by atoms with Gasteiger partial charge in [0, 0.05) is 11.8 Å². The first-order chi connectivity index (χ1) is 8.44. The first-order valence-corrected chi connectivity index (χ1v) is 7.49. The van der Waals surface area contributed by atoms with Crippen molar-refractivity contribution in [3.05, 3.63) is 22.9 Å². The highest BCUT2D eigenvalue weighted by molar-refractivity contribution is 7.16. The zero-order valence-corrected chi connectivity index (χ0v) is 12.3. The minimum Gasteiger partial charge on any atom is -0.302 e. The van der Waals surface area contributed by atoms with Crippen LogP contribution in [-0.2, 0) is 4.79 Å². The molecule has 0 fully saturated rings. The van der Waals surface area contributed by atoms with Gasteiger partial charge in [-0.3, -0.25) is 4.79 Å². The zero-order valence-electron chi connectivity index (χ0n) is 10.7. The topological polar surface area (TPSA) is 42.0 Å². The van der Waals surface area contributed by atoms with Crippen LogP contribution in [0.15, 0.2) is 22.9 Å². The van der Waals surface area contributed by atoms with Crippen LogP contribution in [0.4, 0.5) is 5.13 Å². The van der Waals surface area contributed by atoms with Crippen molar-refractivity contribution in [1.29, 1.82) is 0 Å². The second-order valence-electron chi connectivity index (χ2n) is 5.30. The second kappa shape index (κ2) is 5.20. The van der Waals surface area contributed by atoms with E-state index in [-0.39, 0.29) is 11.3 Å². The Kier molecular flexibility index (Phi) is 3.82. The average molecular weight is 280 g/mol. The SMILES string of the molecule is CC(C)(C)CC(=O)Nc1nc(-c2cccs2)cs1. The van der Waals surface area contributed by atoms with E-state index in [1.54, 1.807) is 11.3 Å². The fraction of sp³-hybridized carbons (Fsp3) is 0.385. The van der Waals surface area contributed by atoms with Crippen LogP contribution in [-0.4, -0.2) is 10.9 Å². The second-order valence-corrected chi connectivity index (χ2v) is 7.11. The number of hydrogen-bond acceptors (Lipinski definition) is 4. The minimum absolute atomic E-state index is 0.00206. The number of hydrogen-bond donors (Lipinski definition) is 1. The van der Waals surface area contributed by atoms with Crippen molar-refractivity contribution in [3.63, 3.8) is 0 Å². The van der Waals surface area contributed by atoms with E-state index in [4.69, 9.17) is 0 Å². The van der Waals surface area contributed by atoms with E-state index in [1.165, 1.54) is 11.3 Å². The smallest absolute Gasteiger partial charge is 0.226 e. The molecule has 0 saturated heterocycles. The summed E-state index contributed by atoms with van der Waals surface area (Å²) in [6.45, 7) is 6.14. The summed E-state index contributed by atoms with van der Waals surface area (Å²) in [5.74, 6) is 0.0228. The van der Waals surface area contributed by atoms with E-state index in [9.17, 15) is 4.79 Å². The maximum atomic E-state index is 11.8. The average Bonchev–Trinajstić information content (AvgIpc) is 2.82. The van der Waals surface area contributed by atoms with Crippen molar-refractivity contribution in [2.75, 3.05) is 5.32 Å². The highest BCUT2D eigenvalue weighted by Gasteiger charge is 2.17. The fourth-order valence-electron chi connectivity index (χ4n) is 1.51. The van der Waals surface area contributed by atoms with Crippen LogP contribution < -0.4 is 5.32 Å². The van der Waals surface area contributed by atoms with E-state index in [1.807, 2.05) is 43.7 Å². The molecule has 0 aliphatic carbocycles. The van der Waals surface area contributed by atoms with Crippen LogP contribution in [0.5, 0.6) is 0 Å². The van der Waals surface area contributed by atoms with Gasteiger partial charge in [-0.15, -0.1) is 22.7 Å². The Bertz CT molecular complexity index is 523. The van der Waals surface area contributed by atoms with E-state index in [0.29, 0.717) is 11.6 Å². The first-order valence-electron chi connectivity index (χ1n) is 5.73. The van der Waals surface area contributed by atoms with Gasteiger partial charge in [0.25, 0.3) is 0 Å². The molecule has 0 bridgehead atoms. The summed E-state index contributed by atoms with van der Waals surface area (Å²) < 4.78 is 0. The molecular weight excluding hydrogens is 264 g/mol. The third-order valence-electron chi connectivity index (χ3n) is 2.22. The molecule has 0 aliphatic heterocycles. The predicted molar refractivity (Wildman–Crippen MR) is 78.1 cm³/mol. The minimum atomic E-state index is -0.00206. The van der Waals surface area contributed by atoms with Crippen LogP contribution in [0.1, 0.15) is 27.2 Å². The molecule has 0 spiro atoms. The molecule has 2 heterocycles. The van der Waals surface area contributed by atoms with Crippen LogP contribution in [0.2, 0.25) is 0 Å². The van der Waals surface area contributed by atoms with E-state index in [2.05, 4.69) is 10.3 Å². The molecule has 0 saturated carbocycles. The summed E-state index contributed by atoms with van der Waals surface area (Å²) >= 11 is 3.12. The number of carbonyl (C=O) groups is 1. The van der Waals surface area contributed by atoms with E-state index in [0.717, 1.165) is 10.6 Å². The van der Waals surface area contributed by atoms with Crippen molar-refractivity contribution in [1.82, 2.24) is 4.98 Å². The number of anilines is 1. The first kappa shape index (κ1) is 13.2. The summed E-state index contributed by atoms with van der Waals surface area (Å²) in [4.78, 5) is 17.3. The molecule has 1 N–H and O–H groups in total. The van der Waals surface area contributed by atoms with Crippen molar-refractivity contribution in [2.24, 2.45) is 5.41 Å². The number of amides is 1. The third kappa shape index (κ3) is 3.65. The molecule has 0 aliphatic rings. The largest absolute Gasteiger partial charge is 0.302 e. The van der Waals surface area contributed by atoms with Crippen LogP contribution in [0.3, 0.4) is 0 Å². The van der Waals surface area contributed by atoms with Crippen LogP contribution in [0, 0.1) is 5.41 Å². The van der Waals surface area contributed by atoms with Gasteiger partial charge in [-0.25, -0.2) is 4.98 Å². The Hall–Kier alpha value is -1.20. The van der Waals surface area contributed by atoms with Gasteiger partial charge < -0.3 is 5.32 Å². The monoisotopic (exact) mass is 280 g/mol. The van der Waals surface area contributed by atoms with Gasteiger partial charge in [-0.2, -0.15) is 0 Å². The Morgan fingerprint density at radius 1 is 1.39 bits per heavy atom. The summed E-state index contributed by atoms with van der Waals surface area (Å²) in [7, 11) is 0. The number of aromatic nitrogens is 1. The molecule has 2 aromatic heterocycles. The molecule has 3 nitrogen and oxygen atoms in total. The Labute approximate surface area is 115 Å². The molecule has 18 heavy (non-hydrogen) atoms. The zero-order chi connectivity index (χ0) is 13.2. The Morgan fingerprint density at radius 3 is 2.78 bits per heavy atom. The number of nitrogens with zero attached hydrogens (tertiary/aromatic N) is 1. The normalized spacial score (nSPS) is 11.5. The number of thiophene rings is 1. The van der Waals surface area contributed by atoms with Gasteiger partial charge in [-0.05, 0) is 16.9 Å². The summed E-state index contributed by atoms with van der Waals surface area (Å²) in [6, 6.07) is 4.03. The lowest BCUT2D eigenvalue weighted by Crippen LogP contribution is -2.19. The van der Waals surface area contributed by atoms with Gasteiger partial charge in [0.2, 0.25) is 5.91 Å². The van der Waals surface area contributed by atoms with Crippen molar-refractivity contribution >= 4 is 33.7 Å². The van der Waals surface area contributed by atoms with Gasteiger partial charge >= 0.3 is 0 Å². The summed E-state index contributed by atoms with van der Waals surface area (Å²) in [5.41, 5.74) is 0.929. The number of carbonyl (C=O) groups excluding carboxylic acids is 1. The molecule has 5 heteroatoms. The molecule has 96 valence electrons. The highest BCUT2D eigenvalue weighted by Crippen LogP contribution is 2.28. The van der Waals surface area contributed by atoms with Crippen LogP contribution >= 0.6 is 22.7 Å². The molecule has 2 rings (SSSR count). The van der Waals surface area contributed by atoms with Gasteiger partial charge in [0.05, 0.1) is 10.6 Å². The summed E-state index contributed by atoms with van der Waals surface area (Å²) in [6.07, 6.45) is 0.501. The summed E-state index contributed by atoms with van der Waals surface area (Å²) in [5, 5.41) is 7.52. The Balaban J connectivity index is 2.01. The molecule has 0 aromatic carbocycles. The molecule has 1 amide bonds. The number of thiazole rings is 1. The predicted octanol–water partition coefficient (Wildman–Crippen LogP) is 4.25.